The minimum absolute atomic E-state index is 0.516. The van der Waals surface area contributed by atoms with Gasteiger partial charge >= 0.3 is 0 Å². The van der Waals surface area contributed by atoms with E-state index in [1.165, 1.54) is 0 Å². The Bertz CT molecular complexity index is 520. The van der Waals surface area contributed by atoms with E-state index in [4.69, 9.17) is 4.74 Å². The number of aliphatic hydroxyl groups is 1. The van der Waals surface area contributed by atoms with Gasteiger partial charge in [-0.2, -0.15) is 0 Å². The van der Waals surface area contributed by atoms with Crippen LogP contribution in [0.2, 0.25) is 0 Å². The molecule has 2 nitrogen and oxygen atoms in total. The van der Waals surface area contributed by atoms with Gasteiger partial charge in [0.05, 0.1) is 6.10 Å². The predicted octanol–water partition coefficient (Wildman–Crippen LogP) is 3.88. The third-order valence-corrected chi connectivity index (χ3v) is 2.88. The van der Waals surface area contributed by atoms with E-state index in [0.29, 0.717) is 13.0 Å². The number of hydrogen-bond acceptors (Lipinski definition) is 2. The van der Waals surface area contributed by atoms with E-state index >= 15 is 0 Å². The summed E-state index contributed by atoms with van der Waals surface area (Å²) >= 11 is 0. The minimum Gasteiger partial charge on any atom is -0.489 e. The van der Waals surface area contributed by atoms with Crippen LogP contribution in [0.3, 0.4) is 0 Å². The second kappa shape index (κ2) is 6.76. The fraction of sp³-hybridized carbons (Fsp3) is 0.176. The molecule has 1 unspecified atom stereocenters. The molecule has 0 saturated heterocycles. The van der Waals surface area contributed by atoms with Gasteiger partial charge in [-0.1, -0.05) is 48.5 Å². The number of benzene rings is 2. The summed E-state index contributed by atoms with van der Waals surface area (Å²) in [5.41, 5.74) is 1.98. The van der Waals surface area contributed by atoms with Crippen molar-refractivity contribution in [3.8, 4) is 5.75 Å². The lowest BCUT2D eigenvalue weighted by Gasteiger charge is -2.11. The monoisotopic (exact) mass is 254 g/mol. The van der Waals surface area contributed by atoms with Gasteiger partial charge < -0.3 is 9.84 Å². The fourth-order valence-corrected chi connectivity index (χ4v) is 1.85. The molecule has 0 spiro atoms. The standard InChI is InChI=1S/C17H18O2/c1-2-7-17(18)15-10-6-11-16(12-15)19-13-14-8-4-3-5-9-14/h2-6,8-12,17-18H,1,7,13H2. The van der Waals surface area contributed by atoms with Gasteiger partial charge in [0.1, 0.15) is 12.4 Å². The minimum atomic E-state index is -0.516. The van der Waals surface area contributed by atoms with E-state index in [2.05, 4.69) is 6.58 Å². The summed E-state index contributed by atoms with van der Waals surface area (Å²) in [5.74, 6) is 0.768. The maximum absolute atomic E-state index is 9.90. The second-order valence-corrected chi connectivity index (χ2v) is 4.39. The molecule has 0 aliphatic rings. The zero-order chi connectivity index (χ0) is 13.5. The van der Waals surface area contributed by atoms with Gasteiger partial charge in [0, 0.05) is 0 Å². The average Bonchev–Trinajstić information content (AvgIpc) is 2.47. The van der Waals surface area contributed by atoms with Crippen molar-refractivity contribution in [3.05, 3.63) is 78.4 Å². The van der Waals surface area contributed by atoms with Crippen LogP contribution < -0.4 is 4.74 Å². The molecule has 0 bridgehead atoms. The molecule has 0 aromatic heterocycles. The Labute approximate surface area is 114 Å². The van der Waals surface area contributed by atoms with Crippen LogP contribution >= 0.6 is 0 Å². The van der Waals surface area contributed by atoms with E-state index in [1.54, 1.807) is 6.08 Å². The normalized spacial score (nSPS) is 11.8. The fourth-order valence-electron chi connectivity index (χ4n) is 1.85. The number of aliphatic hydroxyl groups excluding tert-OH is 1. The van der Waals surface area contributed by atoms with Crippen molar-refractivity contribution >= 4 is 0 Å². The van der Waals surface area contributed by atoms with Crippen molar-refractivity contribution in [3.63, 3.8) is 0 Å². The highest BCUT2D eigenvalue weighted by molar-refractivity contribution is 5.30. The average molecular weight is 254 g/mol. The molecule has 0 saturated carbocycles. The molecule has 98 valence electrons. The molecule has 0 amide bonds. The molecule has 0 aliphatic carbocycles. The molecule has 1 atom stereocenters. The summed E-state index contributed by atoms with van der Waals surface area (Å²) in [7, 11) is 0. The SMILES string of the molecule is C=CCC(O)c1cccc(OCc2ccccc2)c1. The van der Waals surface area contributed by atoms with Gasteiger partial charge in [-0.3, -0.25) is 0 Å². The molecule has 2 aromatic rings. The van der Waals surface area contributed by atoms with Gasteiger partial charge in [-0.15, -0.1) is 6.58 Å². The lowest BCUT2D eigenvalue weighted by atomic mass is 10.1. The van der Waals surface area contributed by atoms with Crippen LogP contribution in [0.5, 0.6) is 5.75 Å². The van der Waals surface area contributed by atoms with Crippen molar-refractivity contribution in [1.29, 1.82) is 0 Å². The second-order valence-electron chi connectivity index (χ2n) is 4.39. The summed E-state index contributed by atoms with van der Waals surface area (Å²) in [4.78, 5) is 0. The summed E-state index contributed by atoms with van der Waals surface area (Å²) in [5, 5.41) is 9.90. The van der Waals surface area contributed by atoms with Gasteiger partial charge in [0.25, 0.3) is 0 Å². The number of ether oxygens (including phenoxy) is 1. The summed E-state index contributed by atoms with van der Waals surface area (Å²) in [6.45, 7) is 4.16. The van der Waals surface area contributed by atoms with E-state index in [1.807, 2.05) is 54.6 Å². The van der Waals surface area contributed by atoms with E-state index < -0.39 is 6.10 Å². The van der Waals surface area contributed by atoms with Crippen molar-refractivity contribution in [1.82, 2.24) is 0 Å². The first-order valence-corrected chi connectivity index (χ1v) is 6.35. The Balaban J connectivity index is 2.01. The van der Waals surface area contributed by atoms with Crippen LogP contribution in [-0.4, -0.2) is 5.11 Å². The first-order chi connectivity index (χ1) is 9.29. The van der Waals surface area contributed by atoms with Crippen molar-refractivity contribution in [2.75, 3.05) is 0 Å². The van der Waals surface area contributed by atoms with Crippen molar-refractivity contribution in [2.45, 2.75) is 19.1 Å². The van der Waals surface area contributed by atoms with Gasteiger partial charge in [0.15, 0.2) is 0 Å². The van der Waals surface area contributed by atoms with Crippen LogP contribution in [0.25, 0.3) is 0 Å². The van der Waals surface area contributed by atoms with Crippen LogP contribution in [0.15, 0.2) is 67.3 Å². The predicted molar refractivity (Wildman–Crippen MR) is 77.0 cm³/mol. The quantitative estimate of drug-likeness (QED) is 0.793. The largest absolute Gasteiger partial charge is 0.489 e. The lowest BCUT2D eigenvalue weighted by Crippen LogP contribution is -1.98. The first kappa shape index (κ1) is 13.4. The molecular formula is C17H18O2. The Morgan fingerprint density at radius 1 is 1.11 bits per heavy atom. The highest BCUT2D eigenvalue weighted by Gasteiger charge is 2.06. The van der Waals surface area contributed by atoms with Gasteiger partial charge in [-0.05, 0) is 29.7 Å². The molecular weight excluding hydrogens is 236 g/mol. The van der Waals surface area contributed by atoms with E-state index in [9.17, 15) is 5.11 Å². The van der Waals surface area contributed by atoms with Gasteiger partial charge in [-0.25, -0.2) is 0 Å². The Kier molecular flexibility index (Phi) is 4.76. The van der Waals surface area contributed by atoms with E-state index in [0.717, 1.165) is 16.9 Å². The smallest absolute Gasteiger partial charge is 0.120 e. The maximum atomic E-state index is 9.90. The molecule has 0 aliphatic heterocycles. The van der Waals surface area contributed by atoms with E-state index in [-0.39, 0.29) is 0 Å². The molecule has 0 fully saturated rings. The van der Waals surface area contributed by atoms with Crippen LogP contribution in [0.1, 0.15) is 23.7 Å². The Hall–Kier alpha value is -2.06. The molecule has 0 heterocycles. The zero-order valence-corrected chi connectivity index (χ0v) is 10.8. The molecule has 19 heavy (non-hydrogen) atoms. The number of hydrogen-bond donors (Lipinski definition) is 1. The summed E-state index contributed by atoms with van der Waals surface area (Å²) in [6, 6.07) is 17.6. The topological polar surface area (TPSA) is 29.5 Å². The molecule has 2 heteroatoms. The summed E-state index contributed by atoms with van der Waals surface area (Å²) in [6.07, 6.45) is 1.74. The first-order valence-electron chi connectivity index (χ1n) is 6.35. The molecule has 2 aromatic carbocycles. The lowest BCUT2D eigenvalue weighted by molar-refractivity contribution is 0.181. The third-order valence-electron chi connectivity index (χ3n) is 2.88. The van der Waals surface area contributed by atoms with Crippen LogP contribution in [0.4, 0.5) is 0 Å². The Morgan fingerprint density at radius 3 is 2.63 bits per heavy atom. The van der Waals surface area contributed by atoms with Crippen molar-refractivity contribution < 1.29 is 9.84 Å². The molecule has 0 radical (unpaired) electrons. The third kappa shape index (κ3) is 3.97. The molecule has 1 N–H and O–H groups in total. The zero-order valence-electron chi connectivity index (χ0n) is 10.8. The van der Waals surface area contributed by atoms with Crippen LogP contribution in [0, 0.1) is 0 Å². The van der Waals surface area contributed by atoms with Crippen LogP contribution in [-0.2, 0) is 6.61 Å². The molecule has 2 rings (SSSR count). The summed E-state index contributed by atoms with van der Waals surface area (Å²) < 4.78 is 5.72. The highest BCUT2D eigenvalue weighted by atomic mass is 16.5. The number of rotatable bonds is 6. The maximum Gasteiger partial charge on any atom is 0.120 e. The Morgan fingerprint density at radius 2 is 1.89 bits per heavy atom. The van der Waals surface area contributed by atoms with Gasteiger partial charge in [0.2, 0.25) is 0 Å². The highest BCUT2D eigenvalue weighted by Crippen LogP contribution is 2.22. The van der Waals surface area contributed by atoms with Crippen molar-refractivity contribution in [2.24, 2.45) is 0 Å².